The predicted octanol–water partition coefficient (Wildman–Crippen LogP) is 4.82. The molecule has 0 radical (unpaired) electrons. The highest BCUT2D eigenvalue weighted by atomic mass is 14.9. The molecule has 0 amide bonds. The van der Waals surface area contributed by atoms with Crippen molar-refractivity contribution in [3.63, 3.8) is 0 Å². The van der Waals surface area contributed by atoms with Crippen LogP contribution in [0.1, 0.15) is 52.0 Å². The summed E-state index contributed by atoms with van der Waals surface area (Å²) in [6.45, 7) is 8.16. The summed E-state index contributed by atoms with van der Waals surface area (Å²) in [5, 5.41) is 12.3. The molecule has 1 aliphatic rings. The topological polar surface area (TPSA) is 35.8 Å². The molecule has 0 spiro atoms. The van der Waals surface area contributed by atoms with Gasteiger partial charge >= 0.3 is 0 Å². The summed E-state index contributed by atoms with van der Waals surface area (Å²) >= 11 is 0. The molecule has 1 aromatic rings. The van der Waals surface area contributed by atoms with Crippen molar-refractivity contribution in [2.75, 3.05) is 11.9 Å². The molecule has 0 saturated heterocycles. The predicted molar refractivity (Wildman–Crippen MR) is 84.5 cm³/mol. The molecule has 0 aromatic heterocycles. The van der Waals surface area contributed by atoms with E-state index in [0.717, 1.165) is 29.6 Å². The molecule has 2 heteroatoms. The first kappa shape index (κ1) is 14.9. The third-order valence-corrected chi connectivity index (χ3v) is 4.68. The monoisotopic (exact) mass is 270 g/mol. The molecule has 0 unspecified atom stereocenters. The first-order chi connectivity index (χ1) is 9.49. The minimum absolute atomic E-state index is 0.464. The number of anilines is 1. The van der Waals surface area contributed by atoms with Gasteiger partial charge in [0, 0.05) is 12.2 Å². The van der Waals surface area contributed by atoms with Crippen molar-refractivity contribution in [2.24, 2.45) is 17.3 Å². The van der Waals surface area contributed by atoms with Gasteiger partial charge in [-0.1, -0.05) is 20.8 Å². The zero-order valence-electron chi connectivity index (χ0n) is 12.9. The van der Waals surface area contributed by atoms with Gasteiger partial charge < -0.3 is 5.32 Å². The maximum absolute atomic E-state index is 8.78. The van der Waals surface area contributed by atoms with Crippen LogP contribution in [0.15, 0.2) is 24.3 Å². The molecule has 108 valence electrons. The molecule has 0 bridgehead atoms. The Hall–Kier alpha value is -1.49. The van der Waals surface area contributed by atoms with Crippen LogP contribution < -0.4 is 5.32 Å². The Bertz CT molecular complexity index is 454. The maximum atomic E-state index is 8.78. The quantitative estimate of drug-likeness (QED) is 0.854. The van der Waals surface area contributed by atoms with Crippen molar-refractivity contribution >= 4 is 5.69 Å². The number of rotatable bonds is 3. The van der Waals surface area contributed by atoms with Crippen molar-refractivity contribution < 1.29 is 0 Å². The Kier molecular flexibility index (Phi) is 4.70. The molecular weight excluding hydrogens is 244 g/mol. The second-order valence-corrected chi connectivity index (χ2v) is 7.15. The van der Waals surface area contributed by atoms with Crippen LogP contribution in [0.25, 0.3) is 0 Å². The SMILES string of the molecule is CC(C)(C)C1CCC(CNc2ccc(C#N)cc2)CC1. The van der Waals surface area contributed by atoms with Gasteiger partial charge in [0.15, 0.2) is 0 Å². The molecule has 1 aliphatic carbocycles. The van der Waals surface area contributed by atoms with Crippen molar-refractivity contribution in [1.82, 2.24) is 0 Å². The summed E-state index contributed by atoms with van der Waals surface area (Å²) in [4.78, 5) is 0. The summed E-state index contributed by atoms with van der Waals surface area (Å²) in [5.74, 6) is 1.68. The third kappa shape index (κ3) is 4.00. The Morgan fingerprint density at radius 3 is 2.20 bits per heavy atom. The molecule has 20 heavy (non-hydrogen) atoms. The lowest BCUT2D eigenvalue weighted by Gasteiger charge is -2.37. The van der Waals surface area contributed by atoms with Gasteiger partial charge in [0.1, 0.15) is 0 Å². The zero-order chi connectivity index (χ0) is 14.6. The van der Waals surface area contributed by atoms with Crippen LogP contribution in [-0.2, 0) is 0 Å². The smallest absolute Gasteiger partial charge is 0.0991 e. The maximum Gasteiger partial charge on any atom is 0.0991 e. The fourth-order valence-corrected chi connectivity index (χ4v) is 3.16. The zero-order valence-corrected chi connectivity index (χ0v) is 12.9. The molecule has 0 atom stereocenters. The lowest BCUT2D eigenvalue weighted by Crippen LogP contribution is -2.28. The van der Waals surface area contributed by atoms with E-state index < -0.39 is 0 Å². The fourth-order valence-electron chi connectivity index (χ4n) is 3.16. The van der Waals surface area contributed by atoms with Crippen LogP contribution in [0.4, 0.5) is 5.69 Å². The van der Waals surface area contributed by atoms with E-state index >= 15 is 0 Å². The highest BCUT2D eigenvalue weighted by molar-refractivity contribution is 5.47. The molecule has 0 heterocycles. The minimum atomic E-state index is 0.464. The van der Waals surface area contributed by atoms with E-state index in [0.29, 0.717) is 5.41 Å². The second-order valence-electron chi connectivity index (χ2n) is 7.15. The number of hydrogen-bond donors (Lipinski definition) is 1. The Morgan fingerprint density at radius 2 is 1.70 bits per heavy atom. The van der Waals surface area contributed by atoms with Gasteiger partial charge in [0.2, 0.25) is 0 Å². The molecular formula is C18H26N2. The molecule has 2 rings (SSSR count). The van der Waals surface area contributed by atoms with E-state index in [9.17, 15) is 0 Å². The van der Waals surface area contributed by atoms with Crippen LogP contribution in [-0.4, -0.2) is 6.54 Å². The summed E-state index contributed by atoms with van der Waals surface area (Å²) in [7, 11) is 0. The van der Waals surface area contributed by atoms with Gasteiger partial charge in [-0.2, -0.15) is 5.26 Å². The van der Waals surface area contributed by atoms with Gasteiger partial charge in [-0.15, -0.1) is 0 Å². The number of nitrogens with one attached hydrogen (secondary N) is 1. The molecule has 1 fully saturated rings. The average molecular weight is 270 g/mol. The summed E-state index contributed by atoms with van der Waals surface area (Å²) in [5.41, 5.74) is 2.31. The first-order valence-electron chi connectivity index (χ1n) is 7.73. The molecule has 1 saturated carbocycles. The normalized spacial score (nSPS) is 23.1. The number of hydrogen-bond acceptors (Lipinski definition) is 2. The summed E-state index contributed by atoms with van der Waals surface area (Å²) < 4.78 is 0. The van der Waals surface area contributed by atoms with E-state index in [4.69, 9.17) is 5.26 Å². The van der Waals surface area contributed by atoms with Crippen molar-refractivity contribution in [3.05, 3.63) is 29.8 Å². The van der Waals surface area contributed by atoms with Crippen molar-refractivity contribution in [3.8, 4) is 6.07 Å². The standard InChI is InChI=1S/C18H26N2/c1-18(2,3)16-8-4-15(5-9-16)13-20-17-10-6-14(12-19)7-11-17/h6-7,10-11,15-16,20H,4-5,8-9,13H2,1-3H3. The van der Waals surface area contributed by atoms with Gasteiger partial charge in [0.05, 0.1) is 11.6 Å². The van der Waals surface area contributed by atoms with Gasteiger partial charge in [0.25, 0.3) is 0 Å². The fraction of sp³-hybridized carbons (Fsp3) is 0.611. The Labute approximate surface area is 123 Å². The van der Waals surface area contributed by atoms with E-state index in [2.05, 4.69) is 32.2 Å². The second kappa shape index (κ2) is 6.31. The van der Waals surface area contributed by atoms with Crippen molar-refractivity contribution in [2.45, 2.75) is 46.5 Å². The number of nitriles is 1. The van der Waals surface area contributed by atoms with Gasteiger partial charge in [-0.05, 0) is 67.2 Å². The van der Waals surface area contributed by atoms with Crippen LogP contribution in [0.3, 0.4) is 0 Å². The summed E-state index contributed by atoms with van der Waals surface area (Å²) in [6, 6.07) is 9.90. The highest BCUT2D eigenvalue weighted by Gasteiger charge is 2.29. The summed E-state index contributed by atoms with van der Waals surface area (Å²) in [6.07, 6.45) is 5.41. The van der Waals surface area contributed by atoms with E-state index in [1.807, 2.05) is 24.3 Å². The minimum Gasteiger partial charge on any atom is -0.385 e. The lowest BCUT2D eigenvalue weighted by molar-refractivity contribution is 0.153. The molecule has 1 aromatic carbocycles. The van der Waals surface area contributed by atoms with Crippen molar-refractivity contribution in [1.29, 1.82) is 5.26 Å². The molecule has 2 nitrogen and oxygen atoms in total. The molecule has 1 N–H and O–H groups in total. The Morgan fingerprint density at radius 1 is 1.10 bits per heavy atom. The van der Waals surface area contributed by atoms with Crippen LogP contribution in [0.5, 0.6) is 0 Å². The van der Waals surface area contributed by atoms with E-state index in [1.54, 1.807) is 0 Å². The third-order valence-electron chi connectivity index (χ3n) is 4.68. The van der Waals surface area contributed by atoms with E-state index in [-0.39, 0.29) is 0 Å². The lowest BCUT2D eigenvalue weighted by atomic mass is 9.70. The first-order valence-corrected chi connectivity index (χ1v) is 7.73. The Balaban J connectivity index is 1.77. The van der Waals surface area contributed by atoms with Gasteiger partial charge in [-0.25, -0.2) is 0 Å². The highest BCUT2D eigenvalue weighted by Crippen LogP contribution is 2.39. The average Bonchev–Trinajstić information content (AvgIpc) is 2.45. The van der Waals surface area contributed by atoms with Crippen LogP contribution >= 0.6 is 0 Å². The van der Waals surface area contributed by atoms with Gasteiger partial charge in [-0.3, -0.25) is 0 Å². The largest absolute Gasteiger partial charge is 0.385 e. The van der Waals surface area contributed by atoms with Crippen LogP contribution in [0, 0.1) is 28.6 Å². The van der Waals surface area contributed by atoms with Crippen LogP contribution in [0.2, 0.25) is 0 Å². The molecule has 0 aliphatic heterocycles. The number of nitrogens with zero attached hydrogens (tertiary/aromatic N) is 1. The number of benzene rings is 1. The van der Waals surface area contributed by atoms with E-state index in [1.165, 1.54) is 25.7 Å².